The van der Waals surface area contributed by atoms with Crippen LogP contribution in [-0.4, -0.2) is 10.6 Å². The summed E-state index contributed by atoms with van der Waals surface area (Å²) in [5.74, 6) is 1.71. The van der Waals surface area contributed by atoms with E-state index in [1.807, 2.05) is 18.2 Å². The van der Waals surface area contributed by atoms with Gasteiger partial charge in [0.1, 0.15) is 0 Å². The third kappa shape index (κ3) is 2.05. The number of rotatable bonds is 3. The van der Waals surface area contributed by atoms with Crippen molar-refractivity contribution >= 4 is 10.6 Å². The monoisotopic (exact) mass is 204 g/mol. The molecule has 0 N–H and O–H groups in total. The molecule has 0 spiro atoms. The molecule has 0 saturated heterocycles. The van der Waals surface area contributed by atoms with Crippen LogP contribution in [0.2, 0.25) is 0 Å². The molecule has 2 nitrogen and oxygen atoms in total. The van der Waals surface area contributed by atoms with E-state index in [0.29, 0.717) is 0 Å². The van der Waals surface area contributed by atoms with Crippen LogP contribution in [0.4, 0.5) is 0 Å². The molecule has 1 aliphatic carbocycles. The van der Waals surface area contributed by atoms with Gasteiger partial charge >= 0.3 is 75.1 Å². The van der Waals surface area contributed by atoms with Gasteiger partial charge in [0.25, 0.3) is 0 Å². The van der Waals surface area contributed by atoms with E-state index in [1.165, 1.54) is 11.9 Å². The fourth-order valence-electron chi connectivity index (χ4n) is 0.934. The van der Waals surface area contributed by atoms with Crippen LogP contribution in [0.1, 0.15) is 13.3 Å². The zero-order valence-corrected chi connectivity index (χ0v) is 7.89. The standard InChI is InChI=1S/C5H5.C2H3O.C2HO.Mn/c1-2-4-5-3-1;2*1-2-3;/h1-3H,4H2;1H3;1H;. The van der Waals surface area contributed by atoms with Crippen molar-refractivity contribution in [2.45, 2.75) is 13.3 Å². The molecular formula is C9H9MnO2. The summed E-state index contributed by atoms with van der Waals surface area (Å²) >= 11 is -1.40. The Hall–Kier alpha value is -0.881. The predicted octanol–water partition coefficient (Wildman–Crippen LogP) is 1.34. The van der Waals surface area contributed by atoms with Crippen LogP contribution in [-0.2, 0) is 23.5 Å². The summed E-state index contributed by atoms with van der Waals surface area (Å²) in [6.45, 7) is 1.53. The fourth-order valence-corrected chi connectivity index (χ4v) is 2.79. The predicted molar refractivity (Wildman–Crippen MR) is 42.8 cm³/mol. The van der Waals surface area contributed by atoms with Crippen molar-refractivity contribution in [2.75, 3.05) is 0 Å². The summed E-state index contributed by atoms with van der Waals surface area (Å²) in [7, 11) is 0. The number of hydrogen-bond donors (Lipinski definition) is 0. The summed E-state index contributed by atoms with van der Waals surface area (Å²) in [5, 5.41) is 0. The van der Waals surface area contributed by atoms with E-state index >= 15 is 0 Å². The first-order chi connectivity index (χ1) is 5.75. The summed E-state index contributed by atoms with van der Waals surface area (Å²) in [4.78, 5) is 22.6. The quantitative estimate of drug-likeness (QED) is 0.513. The summed E-state index contributed by atoms with van der Waals surface area (Å²) in [6, 6.07) is 0. The Balaban J connectivity index is 2.80. The van der Waals surface area contributed by atoms with Crippen molar-refractivity contribution in [3.8, 4) is 0 Å². The van der Waals surface area contributed by atoms with Crippen molar-refractivity contribution in [3.63, 3.8) is 0 Å². The van der Waals surface area contributed by atoms with Gasteiger partial charge in [0.15, 0.2) is 0 Å². The molecule has 0 aromatic heterocycles. The second-order valence-corrected chi connectivity index (χ2v) is 5.16. The van der Waals surface area contributed by atoms with E-state index in [0.717, 1.165) is 10.9 Å². The van der Waals surface area contributed by atoms with Gasteiger partial charge in [-0.25, -0.2) is 0 Å². The van der Waals surface area contributed by atoms with Gasteiger partial charge in [-0.15, -0.1) is 0 Å². The molecule has 0 aromatic rings. The van der Waals surface area contributed by atoms with Gasteiger partial charge in [-0.3, -0.25) is 0 Å². The van der Waals surface area contributed by atoms with Crippen LogP contribution in [0.15, 0.2) is 27.7 Å². The third-order valence-electron chi connectivity index (χ3n) is 1.43. The zero-order valence-electron chi connectivity index (χ0n) is 6.71. The van der Waals surface area contributed by atoms with Crippen LogP contribution in [0.3, 0.4) is 0 Å². The Morgan fingerprint density at radius 2 is 2.50 bits per heavy atom. The fraction of sp³-hybridized carbons (Fsp3) is 0.222. The van der Waals surface area contributed by atoms with Crippen molar-refractivity contribution in [1.82, 2.24) is 0 Å². The van der Waals surface area contributed by atoms with E-state index in [1.54, 1.807) is 5.94 Å². The zero-order chi connectivity index (χ0) is 8.97. The molecular weight excluding hydrogens is 195 g/mol. The topological polar surface area (TPSA) is 34.1 Å². The van der Waals surface area contributed by atoms with Gasteiger partial charge in [-0.05, 0) is 0 Å². The van der Waals surface area contributed by atoms with Gasteiger partial charge in [0, 0.05) is 0 Å². The Kier molecular flexibility index (Phi) is 3.24. The second-order valence-electron chi connectivity index (χ2n) is 2.26. The van der Waals surface area contributed by atoms with Crippen LogP contribution >= 0.6 is 0 Å². The average molecular weight is 204 g/mol. The number of allylic oxidation sites excluding steroid dienone is 4. The first-order valence-corrected chi connectivity index (χ1v) is 5.37. The summed E-state index contributed by atoms with van der Waals surface area (Å²) < 4.78 is 1.18. The number of carbonyl (C=O) groups excluding carboxylic acids is 2. The molecule has 12 heavy (non-hydrogen) atoms. The average Bonchev–Trinajstić information content (AvgIpc) is 2.51. The van der Waals surface area contributed by atoms with Gasteiger partial charge in [0.05, 0.1) is 0 Å². The van der Waals surface area contributed by atoms with Gasteiger partial charge < -0.3 is 0 Å². The molecule has 0 aliphatic heterocycles. The maximum absolute atomic E-state index is 11.1. The Morgan fingerprint density at radius 3 is 2.92 bits per heavy atom. The van der Waals surface area contributed by atoms with Crippen LogP contribution < -0.4 is 0 Å². The molecule has 0 fully saturated rings. The molecule has 64 valence electrons. The number of carbonyl (C=O) groups is 1. The first kappa shape index (κ1) is 9.21. The molecule has 3 heteroatoms. The number of hydrogen-bond acceptors (Lipinski definition) is 2. The molecule has 0 heterocycles. The Labute approximate surface area is 75.5 Å². The third-order valence-corrected chi connectivity index (χ3v) is 4.06. The molecule has 1 aliphatic rings. The molecule has 0 saturated carbocycles. The summed E-state index contributed by atoms with van der Waals surface area (Å²) in [6.07, 6.45) is 6.64. The Bertz CT molecular complexity index is 294. The minimum absolute atomic E-state index is 0.0980. The first-order valence-electron chi connectivity index (χ1n) is 3.51. The minimum atomic E-state index is -1.40. The molecule has 0 amide bonds. The second kappa shape index (κ2) is 4.22. The van der Waals surface area contributed by atoms with E-state index < -0.39 is 13.9 Å². The molecule has 0 radical (unpaired) electrons. The van der Waals surface area contributed by atoms with Crippen LogP contribution in [0, 0.1) is 0 Å². The van der Waals surface area contributed by atoms with E-state index in [9.17, 15) is 9.59 Å². The molecule has 0 aromatic carbocycles. The maximum atomic E-state index is 11.1. The summed E-state index contributed by atoms with van der Waals surface area (Å²) in [5.41, 5.74) is 0. The van der Waals surface area contributed by atoms with Crippen molar-refractivity contribution < 1.29 is 23.5 Å². The van der Waals surface area contributed by atoms with E-state index in [-0.39, 0.29) is 4.68 Å². The van der Waals surface area contributed by atoms with Gasteiger partial charge in [0.2, 0.25) is 0 Å². The molecule has 0 unspecified atom stereocenters. The van der Waals surface area contributed by atoms with Crippen molar-refractivity contribution in [3.05, 3.63) is 27.7 Å². The van der Waals surface area contributed by atoms with Gasteiger partial charge in [-0.2, -0.15) is 0 Å². The van der Waals surface area contributed by atoms with Crippen molar-refractivity contribution in [1.29, 1.82) is 0 Å². The SMILES string of the molecule is C[C](=O)[Mn]([CH]=C=O)[C]1=CC=CC1. The van der Waals surface area contributed by atoms with Crippen molar-refractivity contribution in [2.24, 2.45) is 0 Å². The molecule has 0 atom stereocenters. The van der Waals surface area contributed by atoms with Gasteiger partial charge in [-0.1, -0.05) is 0 Å². The molecule has 1 rings (SSSR count). The molecule has 0 bridgehead atoms. The van der Waals surface area contributed by atoms with E-state index in [4.69, 9.17) is 0 Å². The van der Waals surface area contributed by atoms with Crippen LogP contribution in [0.5, 0.6) is 0 Å². The van der Waals surface area contributed by atoms with Crippen LogP contribution in [0.25, 0.3) is 0 Å². The van der Waals surface area contributed by atoms with E-state index in [2.05, 4.69) is 0 Å². The normalized spacial score (nSPS) is 15.1. The Morgan fingerprint density at radius 1 is 1.75 bits per heavy atom.